The number of fused-ring (bicyclic) bond motifs is 1. The Kier molecular flexibility index (Phi) is 8.09. The number of imidazole rings is 1. The van der Waals surface area contributed by atoms with Gasteiger partial charge < -0.3 is 22.7 Å². The predicted molar refractivity (Wildman–Crippen MR) is 101 cm³/mol. The number of nitrogens with zero attached hydrogens (tertiary/aromatic N) is 4. The first-order chi connectivity index (χ1) is 12.9. The molecule has 0 saturated heterocycles. The van der Waals surface area contributed by atoms with E-state index in [0.717, 1.165) is 0 Å². The van der Waals surface area contributed by atoms with Crippen LogP contribution in [0.5, 0.6) is 0 Å². The van der Waals surface area contributed by atoms with Gasteiger partial charge in [-0.3, -0.25) is 9.13 Å². The van der Waals surface area contributed by atoms with Crippen LogP contribution >= 0.6 is 15.2 Å². The van der Waals surface area contributed by atoms with E-state index < -0.39 is 20.6 Å². The maximum absolute atomic E-state index is 13.5. The van der Waals surface area contributed by atoms with Gasteiger partial charge in [-0.2, -0.15) is 0 Å². The van der Waals surface area contributed by atoms with Crippen LogP contribution in [-0.2, 0) is 33.8 Å². The van der Waals surface area contributed by atoms with Crippen molar-refractivity contribution in [3.05, 3.63) is 18.9 Å². The quantitative estimate of drug-likeness (QED) is 0.474. The molecule has 0 N–H and O–H groups in total. The van der Waals surface area contributed by atoms with Gasteiger partial charge in [0.25, 0.3) is 0 Å². The van der Waals surface area contributed by atoms with Gasteiger partial charge in [0.2, 0.25) is 0 Å². The number of hydrogen-bond acceptors (Lipinski definition) is 9. The van der Waals surface area contributed by atoms with Crippen LogP contribution in [0.2, 0.25) is 0 Å². The fraction of sp³-hybridized carbons (Fsp3) is 0.667. The topological polar surface area (TPSA) is 115 Å². The van der Waals surface area contributed by atoms with Gasteiger partial charge in [-0.15, -0.1) is 0 Å². The van der Waals surface area contributed by atoms with E-state index in [9.17, 15) is 9.13 Å². The van der Waals surface area contributed by atoms with E-state index in [4.69, 9.17) is 18.1 Å². The smallest absolute Gasteiger partial charge is 0.326 e. The summed E-state index contributed by atoms with van der Waals surface area (Å²) in [7, 11) is -7.66. The standard InChI is InChI=1S/C15H26N4O6P2/c1-5-22-26(20,23-6-2)14(27(21,24-7-3)25-8-4)10-19-12-18-15-13(19)9-16-11-17-15/h9,11-12,14H,5-8,10H2,1-4H3. The van der Waals surface area contributed by atoms with Crippen molar-refractivity contribution in [1.82, 2.24) is 19.5 Å². The first-order valence-corrected chi connectivity index (χ1v) is 12.0. The Hall–Kier alpha value is -1.15. The van der Waals surface area contributed by atoms with Crippen molar-refractivity contribution in [2.75, 3.05) is 26.4 Å². The molecule has 0 amide bonds. The molecule has 0 saturated carbocycles. The molecular formula is C15H26N4O6P2. The molecule has 0 fully saturated rings. The average molecular weight is 420 g/mol. The third kappa shape index (κ3) is 5.02. The molecule has 0 aromatic carbocycles. The highest BCUT2D eigenvalue weighted by Crippen LogP contribution is 2.70. The van der Waals surface area contributed by atoms with Gasteiger partial charge in [0.15, 0.2) is 11.0 Å². The molecule has 152 valence electrons. The maximum atomic E-state index is 13.5. The molecule has 12 heteroatoms. The minimum absolute atomic E-state index is 0.0154. The molecule has 2 heterocycles. The predicted octanol–water partition coefficient (Wildman–Crippen LogP) is 3.68. The summed E-state index contributed by atoms with van der Waals surface area (Å²) in [6.07, 6.45) is 4.47. The van der Waals surface area contributed by atoms with Crippen molar-refractivity contribution < 1.29 is 27.2 Å². The monoisotopic (exact) mass is 420 g/mol. The molecule has 0 aliphatic heterocycles. The second-order valence-electron chi connectivity index (χ2n) is 5.36. The van der Waals surface area contributed by atoms with E-state index in [1.807, 2.05) is 0 Å². The lowest BCUT2D eigenvalue weighted by Gasteiger charge is -2.31. The molecule has 0 radical (unpaired) electrons. The Balaban J connectivity index is 2.54. The van der Waals surface area contributed by atoms with Crippen LogP contribution in [0.3, 0.4) is 0 Å². The summed E-state index contributed by atoms with van der Waals surface area (Å²) in [5, 5.41) is -1.16. The second-order valence-corrected chi connectivity index (χ2v) is 10.2. The van der Waals surface area contributed by atoms with Gasteiger partial charge in [0.1, 0.15) is 11.8 Å². The summed E-state index contributed by atoms with van der Waals surface area (Å²) in [6.45, 7) is 7.24. The molecule has 0 atom stereocenters. The molecule has 0 bridgehead atoms. The zero-order chi connectivity index (χ0) is 19.9. The van der Waals surface area contributed by atoms with Crippen LogP contribution in [0, 0.1) is 0 Å². The van der Waals surface area contributed by atoms with Crippen LogP contribution in [0.25, 0.3) is 11.2 Å². The molecule has 10 nitrogen and oxygen atoms in total. The third-order valence-corrected chi connectivity index (χ3v) is 9.58. The van der Waals surface area contributed by atoms with Crippen molar-refractivity contribution in [1.29, 1.82) is 0 Å². The highest BCUT2D eigenvalue weighted by molar-refractivity contribution is 7.72. The van der Waals surface area contributed by atoms with Crippen molar-refractivity contribution in [3.8, 4) is 0 Å². The van der Waals surface area contributed by atoms with Crippen LogP contribution in [0.15, 0.2) is 18.9 Å². The van der Waals surface area contributed by atoms with Crippen LogP contribution in [0.4, 0.5) is 0 Å². The molecular weight excluding hydrogens is 394 g/mol. The molecule has 0 aliphatic rings. The number of aromatic nitrogens is 4. The van der Waals surface area contributed by atoms with Crippen LogP contribution in [0.1, 0.15) is 27.7 Å². The van der Waals surface area contributed by atoms with E-state index >= 15 is 0 Å². The minimum atomic E-state index is -3.83. The number of hydrogen-bond donors (Lipinski definition) is 0. The summed E-state index contributed by atoms with van der Waals surface area (Å²) < 4.78 is 50.6. The Bertz CT molecular complexity index is 779. The number of rotatable bonds is 12. The van der Waals surface area contributed by atoms with Crippen molar-refractivity contribution in [2.24, 2.45) is 0 Å². The average Bonchev–Trinajstić information content (AvgIpc) is 3.03. The Morgan fingerprint density at radius 2 is 1.44 bits per heavy atom. The molecule has 0 spiro atoms. The van der Waals surface area contributed by atoms with E-state index in [-0.39, 0.29) is 33.0 Å². The third-order valence-electron chi connectivity index (χ3n) is 3.63. The highest BCUT2D eigenvalue weighted by atomic mass is 31.2. The molecule has 2 aromatic rings. The molecule has 2 rings (SSSR count). The summed E-state index contributed by atoms with van der Waals surface area (Å²) in [4.78, 5) is 12.2. The Morgan fingerprint density at radius 3 is 1.93 bits per heavy atom. The van der Waals surface area contributed by atoms with Gasteiger partial charge in [0.05, 0.1) is 45.5 Å². The van der Waals surface area contributed by atoms with Crippen LogP contribution < -0.4 is 0 Å². The lowest BCUT2D eigenvalue weighted by atomic mass is 10.5. The van der Waals surface area contributed by atoms with E-state index in [1.54, 1.807) is 38.5 Å². The van der Waals surface area contributed by atoms with Gasteiger partial charge in [-0.05, 0) is 27.7 Å². The van der Waals surface area contributed by atoms with E-state index in [2.05, 4.69) is 15.0 Å². The normalized spacial score (nSPS) is 12.9. The van der Waals surface area contributed by atoms with E-state index in [1.165, 1.54) is 12.7 Å². The lowest BCUT2D eigenvalue weighted by molar-refractivity contribution is 0.192. The minimum Gasteiger partial charge on any atom is -0.326 e. The Labute approximate surface area is 158 Å². The summed E-state index contributed by atoms with van der Waals surface area (Å²) in [6, 6.07) is 0. The zero-order valence-corrected chi connectivity index (χ0v) is 17.8. The molecule has 2 aromatic heterocycles. The van der Waals surface area contributed by atoms with Gasteiger partial charge >= 0.3 is 15.2 Å². The van der Waals surface area contributed by atoms with E-state index in [0.29, 0.717) is 11.2 Å². The van der Waals surface area contributed by atoms with Gasteiger partial charge in [0, 0.05) is 0 Å². The largest absolute Gasteiger partial charge is 0.347 e. The Morgan fingerprint density at radius 1 is 0.926 bits per heavy atom. The summed E-state index contributed by atoms with van der Waals surface area (Å²) >= 11 is 0. The summed E-state index contributed by atoms with van der Waals surface area (Å²) in [5.41, 5.74) is 1.07. The SMILES string of the molecule is CCOP(=O)(OCC)C(Cn1cnc2ncncc21)P(=O)(OCC)OCC. The van der Waals surface area contributed by atoms with Crippen molar-refractivity contribution in [3.63, 3.8) is 0 Å². The van der Waals surface area contributed by atoms with Gasteiger partial charge in [-0.25, -0.2) is 15.0 Å². The molecule has 0 unspecified atom stereocenters. The first kappa shape index (κ1) is 22.1. The fourth-order valence-electron chi connectivity index (χ4n) is 2.64. The highest BCUT2D eigenvalue weighted by Gasteiger charge is 2.51. The first-order valence-electron chi connectivity index (χ1n) is 8.82. The van der Waals surface area contributed by atoms with Gasteiger partial charge in [-0.1, -0.05) is 0 Å². The lowest BCUT2D eigenvalue weighted by Crippen LogP contribution is -2.23. The second kappa shape index (κ2) is 9.87. The molecule has 0 aliphatic carbocycles. The van der Waals surface area contributed by atoms with Crippen molar-refractivity contribution >= 4 is 26.4 Å². The fourth-order valence-corrected chi connectivity index (χ4v) is 7.85. The summed E-state index contributed by atoms with van der Waals surface area (Å²) in [5.74, 6) is 0. The van der Waals surface area contributed by atoms with Crippen LogP contribution in [-0.4, -0.2) is 51.3 Å². The zero-order valence-electron chi connectivity index (χ0n) is 16.0. The maximum Gasteiger partial charge on any atom is 0.347 e. The molecule has 27 heavy (non-hydrogen) atoms. The van der Waals surface area contributed by atoms with Crippen molar-refractivity contribution in [2.45, 2.75) is 39.6 Å².